The normalized spacial score (nSPS) is 9.78. The van der Waals surface area contributed by atoms with Gasteiger partial charge in [0.15, 0.2) is 5.78 Å². The molecule has 2 nitrogen and oxygen atoms in total. The monoisotopic (exact) mass is 246 g/mol. The summed E-state index contributed by atoms with van der Waals surface area (Å²) >= 11 is 0. The zero-order valence-electron chi connectivity index (χ0n) is 11.7. The van der Waals surface area contributed by atoms with Gasteiger partial charge in [0.1, 0.15) is 5.78 Å². The van der Waals surface area contributed by atoms with Crippen LogP contribution in [0.2, 0.25) is 0 Å². The van der Waals surface area contributed by atoms with Crippen molar-refractivity contribution >= 4 is 17.6 Å². The fourth-order valence-electron chi connectivity index (χ4n) is 1.34. The molecular weight excluding hydrogens is 224 g/mol. The molecule has 0 saturated heterocycles. The van der Waals surface area contributed by atoms with Crippen LogP contribution in [-0.2, 0) is 9.59 Å². The highest BCUT2D eigenvalue weighted by molar-refractivity contribution is 5.95. The Morgan fingerprint density at radius 2 is 1.72 bits per heavy atom. The zero-order valence-corrected chi connectivity index (χ0v) is 11.7. The standard InChI is InChI=1S/C14H16O2.C2H6/c1-11-5-3-4-6-13(11)8-10-14(16)9-7-12(2)15;1-2/h3-6,8,10H,7,9H2,1-2H3;1-2H3/b10-8+;. The van der Waals surface area contributed by atoms with Gasteiger partial charge in [0.25, 0.3) is 0 Å². The summed E-state index contributed by atoms with van der Waals surface area (Å²) in [5.41, 5.74) is 2.18. The first-order valence-corrected chi connectivity index (χ1v) is 6.35. The van der Waals surface area contributed by atoms with Crippen LogP contribution in [0.3, 0.4) is 0 Å². The Bertz CT molecular complexity index is 417. The van der Waals surface area contributed by atoms with Crippen LogP contribution < -0.4 is 0 Å². The second kappa shape index (κ2) is 9.34. The first-order chi connectivity index (χ1) is 8.59. The Labute approximate surface area is 110 Å². The molecule has 18 heavy (non-hydrogen) atoms. The number of ketones is 2. The summed E-state index contributed by atoms with van der Waals surface area (Å²) in [6, 6.07) is 7.86. The third-order valence-corrected chi connectivity index (χ3v) is 2.36. The van der Waals surface area contributed by atoms with E-state index < -0.39 is 0 Å². The molecule has 0 bridgehead atoms. The van der Waals surface area contributed by atoms with E-state index in [-0.39, 0.29) is 11.6 Å². The van der Waals surface area contributed by atoms with E-state index in [0.717, 1.165) is 11.1 Å². The van der Waals surface area contributed by atoms with E-state index in [0.29, 0.717) is 12.8 Å². The molecule has 0 aliphatic heterocycles. The van der Waals surface area contributed by atoms with Crippen LogP contribution in [0.5, 0.6) is 0 Å². The van der Waals surface area contributed by atoms with Crippen molar-refractivity contribution in [3.8, 4) is 0 Å². The molecule has 0 radical (unpaired) electrons. The molecule has 0 amide bonds. The van der Waals surface area contributed by atoms with E-state index in [4.69, 9.17) is 0 Å². The van der Waals surface area contributed by atoms with Gasteiger partial charge in [-0.2, -0.15) is 0 Å². The fourth-order valence-corrected chi connectivity index (χ4v) is 1.34. The maximum Gasteiger partial charge on any atom is 0.156 e. The van der Waals surface area contributed by atoms with Gasteiger partial charge >= 0.3 is 0 Å². The van der Waals surface area contributed by atoms with E-state index >= 15 is 0 Å². The van der Waals surface area contributed by atoms with E-state index in [2.05, 4.69) is 0 Å². The quantitative estimate of drug-likeness (QED) is 0.737. The minimum atomic E-state index is -0.00143. The van der Waals surface area contributed by atoms with E-state index in [1.54, 1.807) is 12.2 Å². The number of Topliss-reactive ketones (excluding diaryl/α,β-unsaturated/α-hetero) is 1. The molecular formula is C16H22O2. The minimum Gasteiger partial charge on any atom is -0.300 e. The Morgan fingerprint density at radius 3 is 2.28 bits per heavy atom. The topological polar surface area (TPSA) is 34.1 Å². The molecule has 2 heteroatoms. The van der Waals surface area contributed by atoms with Gasteiger partial charge in [-0.1, -0.05) is 44.2 Å². The van der Waals surface area contributed by atoms with E-state index in [1.165, 1.54) is 6.92 Å². The molecule has 0 heterocycles. The van der Waals surface area contributed by atoms with Crippen molar-refractivity contribution < 1.29 is 9.59 Å². The number of hydrogen-bond donors (Lipinski definition) is 0. The van der Waals surface area contributed by atoms with Crippen molar-refractivity contribution in [1.29, 1.82) is 0 Å². The molecule has 98 valence electrons. The average Bonchev–Trinajstić information content (AvgIpc) is 2.38. The van der Waals surface area contributed by atoms with Crippen LogP contribution in [0.1, 0.15) is 44.7 Å². The molecule has 0 atom stereocenters. The van der Waals surface area contributed by atoms with Gasteiger partial charge < -0.3 is 4.79 Å². The third kappa shape index (κ3) is 6.79. The number of rotatable bonds is 5. The Hall–Kier alpha value is -1.70. The van der Waals surface area contributed by atoms with Gasteiger partial charge in [0.05, 0.1) is 0 Å². The summed E-state index contributed by atoms with van der Waals surface area (Å²) in [6.07, 6.45) is 3.98. The van der Waals surface area contributed by atoms with E-state index in [9.17, 15) is 9.59 Å². The lowest BCUT2D eigenvalue weighted by molar-refractivity contribution is -0.120. The predicted octanol–water partition coefficient (Wildman–Crippen LogP) is 3.97. The number of aryl methyl sites for hydroxylation is 1. The Balaban J connectivity index is 0.00000137. The van der Waals surface area contributed by atoms with Crippen molar-refractivity contribution in [2.24, 2.45) is 0 Å². The van der Waals surface area contributed by atoms with Gasteiger partial charge in [0.2, 0.25) is 0 Å². The number of carbonyl (C=O) groups is 2. The molecule has 0 spiro atoms. The van der Waals surface area contributed by atoms with Crippen molar-refractivity contribution in [3.05, 3.63) is 41.5 Å². The lowest BCUT2D eigenvalue weighted by atomic mass is 10.1. The van der Waals surface area contributed by atoms with Crippen LogP contribution in [0, 0.1) is 6.92 Å². The lowest BCUT2D eigenvalue weighted by Gasteiger charge is -1.98. The first kappa shape index (κ1) is 16.3. The fraction of sp³-hybridized carbons (Fsp3) is 0.375. The van der Waals surface area contributed by atoms with Crippen LogP contribution in [-0.4, -0.2) is 11.6 Å². The Kier molecular flexibility index (Phi) is 8.46. The third-order valence-electron chi connectivity index (χ3n) is 2.36. The zero-order chi connectivity index (χ0) is 14.0. The molecule has 0 aliphatic carbocycles. The molecule has 0 unspecified atom stereocenters. The smallest absolute Gasteiger partial charge is 0.156 e. The number of carbonyl (C=O) groups excluding carboxylic acids is 2. The summed E-state index contributed by atoms with van der Waals surface area (Å²) in [5.74, 6) is 0.0519. The maximum atomic E-state index is 11.4. The van der Waals surface area contributed by atoms with Gasteiger partial charge in [-0.25, -0.2) is 0 Å². The summed E-state index contributed by atoms with van der Waals surface area (Å²) < 4.78 is 0. The molecule has 0 fully saturated rings. The van der Waals surface area contributed by atoms with Crippen LogP contribution in [0.15, 0.2) is 30.3 Å². The maximum absolute atomic E-state index is 11.4. The summed E-state index contributed by atoms with van der Waals surface area (Å²) in [7, 11) is 0. The first-order valence-electron chi connectivity index (χ1n) is 6.35. The lowest BCUT2D eigenvalue weighted by Crippen LogP contribution is -1.97. The van der Waals surface area contributed by atoms with Crippen LogP contribution in [0.4, 0.5) is 0 Å². The van der Waals surface area contributed by atoms with Gasteiger partial charge in [0, 0.05) is 12.8 Å². The van der Waals surface area contributed by atoms with Gasteiger partial charge in [-0.15, -0.1) is 0 Å². The van der Waals surface area contributed by atoms with Crippen molar-refractivity contribution in [1.82, 2.24) is 0 Å². The highest BCUT2D eigenvalue weighted by Crippen LogP contribution is 2.09. The molecule has 0 aliphatic rings. The van der Waals surface area contributed by atoms with E-state index in [1.807, 2.05) is 45.0 Å². The SMILES string of the molecule is CC.CC(=O)CCC(=O)/C=C/c1ccccc1C. The second-order valence-corrected chi connectivity index (χ2v) is 3.86. The van der Waals surface area contributed by atoms with Crippen LogP contribution in [0.25, 0.3) is 6.08 Å². The summed E-state index contributed by atoms with van der Waals surface area (Å²) in [5, 5.41) is 0. The predicted molar refractivity (Wildman–Crippen MR) is 76.5 cm³/mol. The van der Waals surface area contributed by atoms with Crippen molar-refractivity contribution in [2.45, 2.75) is 40.5 Å². The Morgan fingerprint density at radius 1 is 1.11 bits per heavy atom. The highest BCUT2D eigenvalue weighted by Gasteiger charge is 2.00. The second-order valence-electron chi connectivity index (χ2n) is 3.86. The summed E-state index contributed by atoms with van der Waals surface area (Å²) in [4.78, 5) is 22.1. The van der Waals surface area contributed by atoms with Crippen LogP contribution >= 0.6 is 0 Å². The minimum absolute atomic E-state index is 0.00143. The molecule has 0 aromatic heterocycles. The molecule has 1 aromatic rings. The molecule has 1 aromatic carbocycles. The van der Waals surface area contributed by atoms with Crippen molar-refractivity contribution in [3.63, 3.8) is 0 Å². The molecule has 0 N–H and O–H groups in total. The molecule has 0 saturated carbocycles. The van der Waals surface area contributed by atoms with Gasteiger partial charge in [-0.3, -0.25) is 4.79 Å². The average molecular weight is 246 g/mol. The number of benzene rings is 1. The largest absolute Gasteiger partial charge is 0.300 e. The highest BCUT2D eigenvalue weighted by atomic mass is 16.1. The van der Waals surface area contributed by atoms with Crippen molar-refractivity contribution in [2.75, 3.05) is 0 Å². The number of allylic oxidation sites excluding steroid dienone is 1. The summed E-state index contributed by atoms with van der Waals surface area (Å²) in [6.45, 7) is 7.50. The molecule has 1 rings (SSSR count). The van der Waals surface area contributed by atoms with Gasteiger partial charge in [-0.05, 0) is 31.1 Å². The number of hydrogen-bond acceptors (Lipinski definition) is 2.